The zero-order valence-corrected chi connectivity index (χ0v) is 18.2. The van der Waals surface area contributed by atoms with E-state index < -0.39 is 12.2 Å². The second-order valence-corrected chi connectivity index (χ2v) is 9.87. The second kappa shape index (κ2) is 8.27. The van der Waals surface area contributed by atoms with Crippen molar-refractivity contribution in [3.8, 4) is 0 Å². The molecule has 1 heterocycles. The van der Waals surface area contributed by atoms with Gasteiger partial charge in [-0.2, -0.15) is 0 Å². The summed E-state index contributed by atoms with van der Waals surface area (Å²) in [7, 11) is 1.59. The molecule has 0 unspecified atom stereocenters. The summed E-state index contributed by atoms with van der Waals surface area (Å²) in [5.41, 5.74) is 1.64. The summed E-state index contributed by atoms with van der Waals surface area (Å²) in [6, 6.07) is 10.0. The quantitative estimate of drug-likeness (QED) is 0.679. The third kappa shape index (κ3) is 3.77. The molecule has 2 saturated carbocycles. The molecule has 1 aliphatic heterocycles. The van der Waals surface area contributed by atoms with Gasteiger partial charge in [-0.1, -0.05) is 51.1 Å². The largest absolute Gasteiger partial charge is 0.388 e. The maximum absolute atomic E-state index is 10.5. The summed E-state index contributed by atoms with van der Waals surface area (Å²) >= 11 is 0. The Bertz CT molecular complexity index is 677. The number of rotatable bonds is 9. The fourth-order valence-corrected chi connectivity index (χ4v) is 6.15. The van der Waals surface area contributed by atoms with Crippen molar-refractivity contribution in [3.63, 3.8) is 0 Å². The molecule has 2 aliphatic carbocycles. The standard InChI is InChI=1S/C24H36O5/c1-23(2)18-10-11-24(23,3)22-17(18)12-21(29-22)28-20(19(25)14-26-4)15-27-13-16-8-6-5-7-9-16/h5-9,17-22,25H,10-15H2,1-4H3/t17-,18+,19+,20+,21-,22-,24-/m0/s1. The van der Waals surface area contributed by atoms with Gasteiger partial charge in [-0.15, -0.1) is 0 Å². The molecular weight excluding hydrogens is 368 g/mol. The number of fused-ring (bicyclic) bond motifs is 5. The fourth-order valence-electron chi connectivity index (χ4n) is 6.15. The highest BCUT2D eigenvalue weighted by molar-refractivity contribution is 5.16. The summed E-state index contributed by atoms with van der Waals surface area (Å²) < 4.78 is 23.7. The Balaban J connectivity index is 1.36. The van der Waals surface area contributed by atoms with Crippen LogP contribution in [0.4, 0.5) is 0 Å². The van der Waals surface area contributed by atoms with Gasteiger partial charge in [0.15, 0.2) is 6.29 Å². The Labute approximate surface area is 174 Å². The van der Waals surface area contributed by atoms with E-state index in [1.54, 1.807) is 7.11 Å². The van der Waals surface area contributed by atoms with Crippen molar-refractivity contribution in [1.82, 2.24) is 0 Å². The molecule has 162 valence electrons. The molecule has 7 atom stereocenters. The molecule has 5 nitrogen and oxygen atoms in total. The number of benzene rings is 1. The second-order valence-electron chi connectivity index (χ2n) is 9.87. The van der Waals surface area contributed by atoms with Crippen LogP contribution in [0.2, 0.25) is 0 Å². The number of aliphatic hydroxyl groups is 1. The Kier molecular flexibility index (Phi) is 6.07. The molecule has 4 rings (SSSR count). The molecule has 0 aromatic heterocycles. The van der Waals surface area contributed by atoms with Crippen molar-refractivity contribution in [2.75, 3.05) is 20.3 Å². The molecule has 1 saturated heterocycles. The highest BCUT2D eigenvalue weighted by atomic mass is 16.7. The van der Waals surface area contributed by atoms with Gasteiger partial charge in [-0.3, -0.25) is 0 Å². The molecule has 2 bridgehead atoms. The van der Waals surface area contributed by atoms with E-state index in [4.69, 9.17) is 18.9 Å². The molecule has 3 fully saturated rings. The monoisotopic (exact) mass is 404 g/mol. The predicted molar refractivity (Wildman–Crippen MR) is 110 cm³/mol. The first kappa shape index (κ1) is 21.3. The van der Waals surface area contributed by atoms with E-state index in [9.17, 15) is 5.11 Å². The molecule has 0 radical (unpaired) electrons. The number of hydrogen-bond acceptors (Lipinski definition) is 5. The lowest BCUT2D eigenvalue weighted by molar-refractivity contribution is -0.217. The van der Waals surface area contributed by atoms with Gasteiger partial charge in [-0.05, 0) is 41.1 Å². The predicted octanol–water partition coefficient (Wildman–Crippen LogP) is 3.78. The van der Waals surface area contributed by atoms with E-state index in [0.29, 0.717) is 30.5 Å². The lowest BCUT2D eigenvalue weighted by Crippen LogP contribution is -2.41. The normalized spacial score (nSPS) is 36.9. The van der Waals surface area contributed by atoms with Crippen LogP contribution in [0.1, 0.15) is 45.6 Å². The van der Waals surface area contributed by atoms with E-state index in [-0.39, 0.29) is 24.4 Å². The smallest absolute Gasteiger partial charge is 0.158 e. The van der Waals surface area contributed by atoms with Gasteiger partial charge in [0.1, 0.15) is 12.2 Å². The Morgan fingerprint density at radius 2 is 1.93 bits per heavy atom. The summed E-state index contributed by atoms with van der Waals surface area (Å²) in [6.45, 7) is 8.22. The van der Waals surface area contributed by atoms with Crippen molar-refractivity contribution in [2.24, 2.45) is 22.7 Å². The Hall–Kier alpha value is -0.980. The topological polar surface area (TPSA) is 57.2 Å². The first-order valence-corrected chi connectivity index (χ1v) is 11.0. The van der Waals surface area contributed by atoms with Gasteiger partial charge in [-0.25, -0.2) is 0 Å². The lowest BCUT2D eigenvalue weighted by Gasteiger charge is -2.39. The highest BCUT2D eigenvalue weighted by Gasteiger charge is 2.69. The van der Waals surface area contributed by atoms with E-state index in [2.05, 4.69) is 20.8 Å². The number of hydrogen-bond donors (Lipinski definition) is 1. The van der Waals surface area contributed by atoms with Crippen LogP contribution in [-0.4, -0.2) is 50.0 Å². The van der Waals surface area contributed by atoms with Crippen LogP contribution in [-0.2, 0) is 25.6 Å². The van der Waals surface area contributed by atoms with E-state index in [1.807, 2.05) is 30.3 Å². The minimum atomic E-state index is -0.747. The minimum absolute atomic E-state index is 0.213. The molecular formula is C24H36O5. The maximum atomic E-state index is 10.5. The summed E-state index contributed by atoms with van der Waals surface area (Å²) in [5.74, 6) is 1.25. The van der Waals surface area contributed by atoms with E-state index >= 15 is 0 Å². The van der Waals surface area contributed by atoms with Gasteiger partial charge in [0.25, 0.3) is 0 Å². The molecule has 29 heavy (non-hydrogen) atoms. The van der Waals surface area contributed by atoms with E-state index in [0.717, 1.165) is 12.0 Å². The Morgan fingerprint density at radius 3 is 2.62 bits per heavy atom. The summed E-state index contributed by atoms with van der Waals surface area (Å²) in [6.07, 6.45) is 2.18. The van der Waals surface area contributed by atoms with Crippen LogP contribution in [0, 0.1) is 22.7 Å². The molecule has 1 N–H and O–H groups in total. The van der Waals surface area contributed by atoms with Gasteiger partial charge in [0.2, 0.25) is 0 Å². The van der Waals surface area contributed by atoms with Crippen LogP contribution in [0.5, 0.6) is 0 Å². The van der Waals surface area contributed by atoms with Gasteiger partial charge in [0, 0.05) is 13.5 Å². The molecule has 1 aromatic carbocycles. The van der Waals surface area contributed by atoms with Crippen LogP contribution < -0.4 is 0 Å². The van der Waals surface area contributed by atoms with Gasteiger partial charge >= 0.3 is 0 Å². The van der Waals surface area contributed by atoms with Gasteiger partial charge < -0.3 is 24.1 Å². The lowest BCUT2D eigenvalue weighted by atomic mass is 9.70. The molecule has 0 amide bonds. The third-order valence-corrected chi connectivity index (χ3v) is 8.16. The van der Waals surface area contributed by atoms with Crippen molar-refractivity contribution >= 4 is 0 Å². The van der Waals surface area contributed by atoms with Gasteiger partial charge in [0.05, 0.1) is 25.9 Å². The van der Waals surface area contributed by atoms with Crippen LogP contribution >= 0.6 is 0 Å². The van der Waals surface area contributed by atoms with Crippen molar-refractivity contribution in [3.05, 3.63) is 35.9 Å². The first-order valence-electron chi connectivity index (χ1n) is 11.0. The van der Waals surface area contributed by atoms with E-state index in [1.165, 1.54) is 12.8 Å². The van der Waals surface area contributed by atoms with Crippen molar-refractivity contribution < 1.29 is 24.1 Å². The number of aliphatic hydroxyl groups excluding tert-OH is 1. The SMILES string of the molecule is COC[C@@H](O)[C@@H](COCc1ccccc1)O[C@@H]1C[C@H]2[C@H]3CC[C@@](C)([C@H]2O1)C3(C)C. The maximum Gasteiger partial charge on any atom is 0.158 e. The molecule has 5 heteroatoms. The zero-order valence-electron chi connectivity index (χ0n) is 18.2. The van der Waals surface area contributed by atoms with Crippen LogP contribution in [0.25, 0.3) is 0 Å². The highest BCUT2D eigenvalue weighted by Crippen LogP contribution is 2.71. The number of ether oxygens (including phenoxy) is 4. The van der Waals surface area contributed by atoms with Crippen LogP contribution in [0.15, 0.2) is 30.3 Å². The van der Waals surface area contributed by atoms with Crippen molar-refractivity contribution in [1.29, 1.82) is 0 Å². The minimum Gasteiger partial charge on any atom is -0.388 e. The summed E-state index contributed by atoms with van der Waals surface area (Å²) in [4.78, 5) is 0. The average molecular weight is 405 g/mol. The van der Waals surface area contributed by atoms with Crippen molar-refractivity contribution in [2.45, 2.75) is 71.2 Å². The third-order valence-electron chi connectivity index (χ3n) is 8.16. The average Bonchev–Trinajstić information content (AvgIpc) is 3.26. The Morgan fingerprint density at radius 1 is 1.17 bits per heavy atom. The number of methoxy groups -OCH3 is 1. The first-order chi connectivity index (χ1) is 13.9. The summed E-state index contributed by atoms with van der Waals surface area (Å²) in [5, 5.41) is 10.5. The zero-order chi connectivity index (χ0) is 20.6. The van der Waals surface area contributed by atoms with Crippen LogP contribution in [0.3, 0.4) is 0 Å². The fraction of sp³-hybridized carbons (Fsp3) is 0.750. The molecule has 3 aliphatic rings. The molecule has 1 aromatic rings. The molecule has 0 spiro atoms.